The van der Waals surface area contributed by atoms with Crippen molar-refractivity contribution in [3.8, 4) is 5.75 Å². The number of nitro benzene ring substituents is 1. The Hall–Kier alpha value is -1.86. The summed E-state index contributed by atoms with van der Waals surface area (Å²) >= 11 is 5.90. The van der Waals surface area contributed by atoms with Crippen molar-refractivity contribution in [3.05, 3.63) is 32.8 Å². The Morgan fingerprint density at radius 3 is 2.75 bits per heavy atom. The minimum Gasteiger partial charge on any atom is -0.492 e. The number of primary amides is 1. The largest absolute Gasteiger partial charge is 0.492 e. The number of nitrogens with two attached hydrogens (primary N) is 1. The molecule has 0 unspecified atom stereocenters. The molecule has 0 spiro atoms. The molecule has 1 heterocycles. The molecule has 0 atom stereocenters. The number of carbonyl (C=O) groups is 1. The van der Waals surface area contributed by atoms with Crippen LogP contribution in [0.1, 0.15) is 16.8 Å². The molecule has 108 valence electrons. The molecule has 2 N–H and O–H groups in total. The standard InChI is InChI=1S/C12H13ClN2O5/c13-11-9(15(17)18)3-8(12(14)16)4-10(11)20-2-1-7-5-19-6-7/h3-4,7H,1-2,5-6H2,(H2,14,16). The third-order valence-electron chi connectivity index (χ3n) is 2.99. The van der Waals surface area contributed by atoms with E-state index >= 15 is 0 Å². The van der Waals surface area contributed by atoms with E-state index in [9.17, 15) is 14.9 Å². The summed E-state index contributed by atoms with van der Waals surface area (Å²) in [7, 11) is 0. The normalized spacial score (nSPS) is 14.7. The molecule has 1 saturated heterocycles. The molecule has 0 aliphatic carbocycles. The molecule has 0 radical (unpaired) electrons. The number of amides is 1. The summed E-state index contributed by atoms with van der Waals surface area (Å²) in [5.41, 5.74) is 4.72. The number of hydrogen-bond donors (Lipinski definition) is 1. The summed E-state index contributed by atoms with van der Waals surface area (Å²) in [4.78, 5) is 21.4. The van der Waals surface area contributed by atoms with Gasteiger partial charge in [0.25, 0.3) is 5.69 Å². The van der Waals surface area contributed by atoms with Crippen LogP contribution in [0.25, 0.3) is 0 Å². The van der Waals surface area contributed by atoms with E-state index in [1.54, 1.807) is 0 Å². The van der Waals surface area contributed by atoms with Crippen molar-refractivity contribution in [3.63, 3.8) is 0 Å². The first kappa shape index (κ1) is 14.5. The molecule has 1 aliphatic heterocycles. The van der Waals surface area contributed by atoms with E-state index < -0.39 is 16.5 Å². The summed E-state index contributed by atoms with van der Waals surface area (Å²) in [6.45, 7) is 1.73. The predicted molar refractivity (Wildman–Crippen MR) is 71.0 cm³/mol. The van der Waals surface area contributed by atoms with Gasteiger partial charge in [0.05, 0.1) is 24.7 Å². The minimum atomic E-state index is -0.776. The van der Waals surface area contributed by atoms with Gasteiger partial charge >= 0.3 is 0 Å². The van der Waals surface area contributed by atoms with E-state index in [0.29, 0.717) is 25.7 Å². The summed E-state index contributed by atoms with van der Waals surface area (Å²) in [5.74, 6) is -0.250. The number of ether oxygens (including phenoxy) is 2. The fourth-order valence-electron chi connectivity index (χ4n) is 1.75. The zero-order valence-electron chi connectivity index (χ0n) is 10.5. The highest BCUT2D eigenvalue weighted by atomic mass is 35.5. The Balaban J connectivity index is 2.16. The number of nitrogens with zero attached hydrogens (tertiary/aromatic N) is 1. The fourth-order valence-corrected chi connectivity index (χ4v) is 1.98. The first-order valence-electron chi connectivity index (χ1n) is 5.97. The number of nitro groups is 1. The molecule has 1 aliphatic rings. The Bertz CT molecular complexity index is 545. The van der Waals surface area contributed by atoms with Gasteiger partial charge in [-0.2, -0.15) is 0 Å². The molecule has 0 aromatic heterocycles. The molecule has 0 saturated carbocycles. The highest BCUT2D eigenvalue weighted by Crippen LogP contribution is 2.35. The van der Waals surface area contributed by atoms with Gasteiger partial charge in [-0.15, -0.1) is 0 Å². The van der Waals surface area contributed by atoms with Crippen molar-refractivity contribution in [2.24, 2.45) is 11.7 Å². The number of halogens is 1. The topological polar surface area (TPSA) is 105 Å². The smallest absolute Gasteiger partial charge is 0.292 e. The first-order chi connectivity index (χ1) is 9.49. The molecule has 7 nitrogen and oxygen atoms in total. The van der Waals surface area contributed by atoms with Gasteiger partial charge in [0, 0.05) is 17.5 Å². The van der Waals surface area contributed by atoms with Crippen LogP contribution in [0.3, 0.4) is 0 Å². The van der Waals surface area contributed by atoms with Crippen LogP contribution >= 0.6 is 11.6 Å². The Kier molecular flexibility index (Phi) is 4.41. The number of rotatable bonds is 6. The van der Waals surface area contributed by atoms with Gasteiger partial charge in [-0.05, 0) is 12.5 Å². The average Bonchev–Trinajstić information content (AvgIpc) is 2.33. The van der Waals surface area contributed by atoms with Crippen LogP contribution in [0.15, 0.2) is 12.1 Å². The number of carbonyl (C=O) groups excluding carboxylic acids is 1. The Labute approximate surface area is 119 Å². The molecule has 2 rings (SSSR count). The van der Waals surface area contributed by atoms with Crippen LogP contribution in [0.5, 0.6) is 5.75 Å². The molecule has 1 amide bonds. The third kappa shape index (κ3) is 3.17. The minimum absolute atomic E-state index is 0.0110. The second kappa shape index (κ2) is 6.06. The van der Waals surface area contributed by atoms with E-state index in [0.717, 1.165) is 12.5 Å². The lowest BCUT2D eigenvalue weighted by molar-refractivity contribution is -0.384. The molecular formula is C12H13ClN2O5. The lowest BCUT2D eigenvalue weighted by Gasteiger charge is -2.25. The zero-order valence-corrected chi connectivity index (χ0v) is 11.3. The van der Waals surface area contributed by atoms with Crippen molar-refractivity contribution in [1.29, 1.82) is 0 Å². The van der Waals surface area contributed by atoms with Crippen molar-refractivity contribution >= 4 is 23.2 Å². The maximum Gasteiger partial charge on any atom is 0.292 e. The predicted octanol–water partition coefficient (Wildman–Crippen LogP) is 1.76. The Morgan fingerprint density at radius 1 is 1.55 bits per heavy atom. The molecule has 0 bridgehead atoms. The van der Waals surface area contributed by atoms with E-state index in [-0.39, 0.29) is 16.3 Å². The lowest BCUT2D eigenvalue weighted by Crippen LogP contribution is -2.28. The molecule has 20 heavy (non-hydrogen) atoms. The van der Waals surface area contributed by atoms with Crippen molar-refractivity contribution < 1.29 is 19.2 Å². The quantitative estimate of drug-likeness (QED) is 0.636. The maximum atomic E-state index is 11.2. The zero-order chi connectivity index (χ0) is 14.7. The molecular weight excluding hydrogens is 288 g/mol. The Morgan fingerprint density at radius 2 is 2.25 bits per heavy atom. The summed E-state index contributed by atoms with van der Waals surface area (Å²) in [6, 6.07) is 2.35. The second-order valence-corrected chi connectivity index (χ2v) is 4.85. The third-order valence-corrected chi connectivity index (χ3v) is 3.37. The molecule has 1 aromatic carbocycles. The van der Waals surface area contributed by atoms with Crippen LogP contribution in [-0.2, 0) is 4.74 Å². The number of hydrogen-bond acceptors (Lipinski definition) is 5. The van der Waals surface area contributed by atoms with Crippen LogP contribution < -0.4 is 10.5 Å². The van der Waals surface area contributed by atoms with Gasteiger partial charge in [-0.3, -0.25) is 14.9 Å². The lowest BCUT2D eigenvalue weighted by atomic mass is 10.1. The van der Waals surface area contributed by atoms with Crippen molar-refractivity contribution in [1.82, 2.24) is 0 Å². The maximum absolute atomic E-state index is 11.2. The van der Waals surface area contributed by atoms with Gasteiger partial charge in [0.15, 0.2) is 5.02 Å². The van der Waals surface area contributed by atoms with Gasteiger partial charge in [0.1, 0.15) is 5.75 Å². The van der Waals surface area contributed by atoms with Gasteiger partial charge in [0.2, 0.25) is 5.91 Å². The van der Waals surface area contributed by atoms with Gasteiger partial charge in [-0.25, -0.2) is 0 Å². The highest BCUT2D eigenvalue weighted by Gasteiger charge is 2.22. The van der Waals surface area contributed by atoms with Gasteiger partial charge in [-0.1, -0.05) is 11.6 Å². The molecule has 1 aromatic rings. The second-order valence-electron chi connectivity index (χ2n) is 4.47. The van der Waals surface area contributed by atoms with Crippen LogP contribution in [0.4, 0.5) is 5.69 Å². The fraction of sp³-hybridized carbons (Fsp3) is 0.417. The van der Waals surface area contributed by atoms with E-state index in [1.807, 2.05) is 0 Å². The first-order valence-corrected chi connectivity index (χ1v) is 6.35. The number of benzene rings is 1. The average molecular weight is 301 g/mol. The van der Waals surface area contributed by atoms with Crippen molar-refractivity contribution in [2.75, 3.05) is 19.8 Å². The summed E-state index contributed by atoms with van der Waals surface area (Å²) < 4.78 is 10.5. The van der Waals surface area contributed by atoms with Crippen LogP contribution in [-0.4, -0.2) is 30.7 Å². The molecule has 1 fully saturated rings. The molecule has 8 heteroatoms. The van der Waals surface area contributed by atoms with E-state index in [2.05, 4.69) is 0 Å². The summed E-state index contributed by atoms with van der Waals surface area (Å²) in [6.07, 6.45) is 0.755. The monoisotopic (exact) mass is 300 g/mol. The SMILES string of the molecule is NC(=O)c1cc(OCCC2COC2)c(Cl)c([N+](=O)[O-])c1. The summed E-state index contributed by atoms with van der Waals surface area (Å²) in [5, 5.41) is 10.7. The highest BCUT2D eigenvalue weighted by molar-refractivity contribution is 6.34. The van der Waals surface area contributed by atoms with Crippen molar-refractivity contribution in [2.45, 2.75) is 6.42 Å². The van der Waals surface area contributed by atoms with Crippen LogP contribution in [0, 0.1) is 16.0 Å². The van der Waals surface area contributed by atoms with Gasteiger partial charge < -0.3 is 15.2 Å². The van der Waals surface area contributed by atoms with E-state index in [1.165, 1.54) is 6.07 Å². The van der Waals surface area contributed by atoms with E-state index in [4.69, 9.17) is 26.8 Å². The van der Waals surface area contributed by atoms with Crippen LogP contribution in [0.2, 0.25) is 5.02 Å².